The molecule has 0 spiro atoms. The van der Waals surface area contributed by atoms with Crippen LogP contribution < -0.4 is 11.1 Å². The summed E-state index contributed by atoms with van der Waals surface area (Å²) < 4.78 is 0. The molecule has 3 N–H and O–H groups in total. The molecule has 1 heterocycles. The van der Waals surface area contributed by atoms with Gasteiger partial charge in [0.2, 0.25) is 0 Å². The summed E-state index contributed by atoms with van der Waals surface area (Å²) in [6.07, 6.45) is 1.02. The molecule has 4 heteroatoms. The van der Waals surface area contributed by atoms with Gasteiger partial charge in [0.25, 0.3) is 0 Å². The fraction of sp³-hybridized carbons (Fsp3) is 0.500. The second-order valence-electron chi connectivity index (χ2n) is 4.15. The minimum atomic E-state index is 0.281. The molecule has 0 aliphatic rings. The number of nitrogen functional groups attached to an aromatic ring is 1. The third-order valence-corrected chi connectivity index (χ3v) is 2.61. The highest BCUT2D eigenvalue weighted by Crippen LogP contribution is 2.16. The molecule has 0 saturated carbocycles. The maximum Gasteiger partial charge on any atom is 0.165 e. The number of nitriles is 1. The third-order valence-electron chi connectivity index (χ3n) is 2.61. The molecule has 0 aliphatic carbocycles. The van der Waals surface area contributed by atoms with Crippen molar-refractivity contribution in [2.45, 2.75) is 33.2 Å². The minimum absolute atomic E-state index is 0.281. The molecule has 0 aliphatic heterocycles. The van der Waals surface area contributed by atoms with E-state index < -0.39 is 0 Å². The summed E-state index contributed by atoms with van der Waals surface area (Å²) in [5, 5.41) is 12.1. The zero-order chi connectivity index (χ0) is 12.1. The number of pyridine rings is 1. The van der Waals surface area contributed by atoms with Gasteiger partial charge in [-0.25, -0.2) is 4.98 Å². The number of nitrogens with zero attached hydrogens (tertiary/aromatic N) is 2. The quantitative estimate of drug-likeness (QED) is 0.813. The van der Waals surface area contributed by atoms with Crippen LogP contribution in [0.1, 0.15) is 32.9 Å². The van der Waals surface area contributed by atoms with Crippen LogP contribution in [0.25, 0.3) is 0 Å². The molecular formula is C12H18N4. The average molecular weight is 218 g/mol. The fourth-order valence-corrected chi connectivity index (χ4v) is 1.57. The smallest absolute Gasteiger partial charge is 0.165 e. The second kappa shape index (κ2) is 5.36. The van der Waals surface area contributed by atoms with Crippen molar-refractivity contribution in [3.05, 3.63) is 17.8 Å². The van der Waals surface area contributed by atoms with Crippen LogP contribution in [0.4, 0.5) is 11.5 Å². The number of anilines is 2. The van der Waals surface area contributed by atoms with Crippen molar-refractivity contribution in [1.82, 2.24) is 4.98 Å². The van der Waals surface area contributed by atoms with E-state index in [1.807, 2.05) is 6.07 Å². The first-order valence-corrected chi connectivity index (χ1v) is 5.51. The van der Waals surface area contributed by atoms with Crippen molar-refractivity contribution in [3.63, 3.8) is 0 Å². The summed E-state index contributed by atoms with van der Waals surface area (Å²) >= 11 is 0. The molecule has 16 heavy (non-hydrogen) atoms. The van der Waals surface area contributed by atoms with Crippen molar-refractivity contribution in [2.24, 2.45) is 5.92 Å². The van der Waals surface area contributed by atoms with Crippen molar-refractivity contribution < 1.29 is 0 Å². The van der Waals surface area contributed by atoms with Gasteiger partial charge in [-0.3, -0.25) is 0 Å². The monoisotopic (exact) mass is 218 g/mol. The van der Waals surface area contributed by atoms with E-state index in [-0.39, 0.29) is 5.69 Å². The van der Waals surface area contributed by atoms with Gasteiger partial charge in [0.1, 0.15) is 11.9 Å². The molecule has 0 bridgehead atoms. The molecule has 1 rings (SSSR count). The second-order valence-corrected chi connectivity index (χ2v) is 4.15. The van der Waals surface area contributed by atoms with Crippen LogP contribution in [-0.2, 0) is 0 Å². The largest absolute Gasteiger partial charge is 0.396 e. The van der Waals surface area contributed by atoms with Crippen LogP contribution in [-0.4, -0.2) is 11.0 Å². The molecule has 0 amide bonds. The zero-order valence-corrected chi connectivity index (χ0v) is 9.99. The Hall–Kier alpha value is -1.76. The van der Waals surface area contributed by atoms with Gasteiger partial charge in [-0.05, 0) is 24.5 Å². The number of hydrogen-bond acceptors (Lipinski definition) is 4. The lowest BCUT2D eigenvalue weighted by Gasteiger charge is -2.21. The summed E-state index contributed by atoms with van der Waals surface area (Å²) in [7, 11) is 0. The molecule has 0 aromatic carbocycles. The average Bonchev–Trinajstić information content (AvgIpc) is 2.27. The summed E-state index contributed by atoms with van der Waals surface area (Å²) in [4.78, 5) is 4.16. The van der Waals surface area contributed by atoms with Gasteiger partial charge in [0.15, 0.2) is 5.69 Å². The molecular weight excluding hydrogens is 200 g/mol. The Morgan fingerprint density at radius 1 is 1.50 bits per heavy atom. The van der Waals surface area contributed by atoms with E-state index in [0.29, 0.717) is 23.5 Å². The molecule has 0 radical (unpaired) electrons. The number of hydrogen-bond donors (Lipinski definition) is 2. The zero-order valence-electron chi connectivity index (χ0n) is 9.99. The lowest BCUT2D eigenvalue weighted by atomic mass is 10.0. The maximum atomic E-state index is 8.82. The highest BCUT2D eigenvalue weighted by Gasteiger charge is 2.11. The number of aromatic nitrogens is 1. The van der Waals surface area contributed by atoms with E-state index in [9.17, 15) is 0 Å². The normalized spacial score (nSPS) is 12.2. The number of nitrogens with two attached hydrogens (primary N) is 1. The van der Waals surface area contributed by atoms with Crippen LogP contribution >= 0.6 is 0 Å². The first-order chi connectivity index (χ1) is 7.58. The van der Waals surface area contributed by atoms with E-state index in [4.69, 9.17) is 11.0 Å². The first-order valence-electron chi connectivity index (χ1n) is 5.51. The lowest BCUT2D eigenvalue weighted by Crippen LogP contribution is -2.25. The lowest BCUT2D eigenvalue weighted by molar-refractivity contribution is 0.510. The minimum Gasteiger partial charge on any atom is -0.396 e. The van der Waals surface area contributed by atoms with Gasteiger partial charge < -0.3 is 11.1 Å². The molecule has 1 unspecified atom stereocenters. The van der Waals surface area contributed by atoms with E-state index in [0.717, 1.165) is 6.42 Å². The fourth-order valence-electron chi connectivity index (χ4n) is 1.57. The molecule has 1 aromatic heterocycles. The summed E-state index contributed by atoms with van der Waals surface area (Å²) in [5.41, 5.74) is 6.31. The first kappa shape index (κ1) is 12.3. The van der Waals surface area contributed by atoms with Crippen LogP contribution in [0.5, 0.6) is 0 Å². The highest BCUT2D eigenvalue weighted by atomic mass is 15.0. The van der Waals surface area contributed by atoms with Crippen LogP contribution in [0.15, 0.2) is 12.1 Å². The van der Waals surface area contributed by atoms with Crippen molar-refractivity contribution >= 4 is 11.5 Å². The van der Waals surface area contributed by atoms with Crippen molar-refractivity contribution in [2.75, 3.05) is 11.1 Å². The Balaban J connectivity index is 2.86. The van der Waals surface area contributed by atoms with E-state index in [1.54, 1.807) is 12.1 Å². The third kappa shape index (κ3) is 2.86. The summed E-state index contributed by atoms with van der Waals surface area (Å²) in [6.45, 7) is 6.44. The van der Waals surface area contributed by atoms with Gasteiger partial charge in [-0.2, -0.15) is 5.26 Å². The molecule has 0 fully saturated rings. The maximum absolute atomic E-state index is 8.82. The summed E-state index contributed by atoms with van der Waals surface area (Å²) in [6, 6.07) is 5.86. The van der Waals surface area contributed by atoms with Crippen LogP contribution in [0.3, 0.4) is 0 Å². The van der Waals surface area contributed by atoms with E-state index >= 15 is 0 Å². The van der Waals surface area contributed by atoms with Crippen LogP contribution in [0, 0.1) is 17.2 Å². The molecule has 86 valence electrons. The molecule has 1 aromatic rings. The van der Waals surface area contributed by atoms with Crippen molar-refractivity contribution in [3.8, 4) is 6.07 Å². The predicted molar refractivity (Wildman–Crippen MR) is 65.9 cm³/mol. The molecule has 0 saturated heterocycles. The van der Waals surface area contributed by atoms with Gasteiger partial charge in [0.05, 0.1) is 5.69 Å². The Morgan fingerprint density at radius 2 is 2.19 bits per heavy atom. The topological polar surface area (TPSA) is 74.7 Å². The SMILES string of the molecule is CCC(Nc1ccc(N)c(C#N)n1)C(C)C. The highest BCUT2D eigenvalue weighted by molar-refractivity contribution is 5.54. The van der Waals surface area contributed by atoms with Gasteiger partial charge >= 0.3 is 0 Å². The van der Waals surface area contributed by atoms with E-state index in [2.05, 4.69) is 31.1 Å². The van der Waals surface area contributed by atoms with E-state index in [1.165, 1.54) is 0 Å². The Bertz CT molecular complexity index is 392. The van der Waals surface area contributed by atoms with Crippen molar-refractivity contribution in [1.29, 1.82) is 5.26 Å². The summed E-state index contributed by atoms with van der Waals surface area (Å²) in [5.74, 6) is 1.24. The standard InChI is InChI=1S/C12H18N4/c1-4-10(8(2)3)15-12-6-5-9(14)11(7-13)16-12/h5-6,8,10H,4,14H2,1-3H3,(H,15,16). The van der Waals surface area contributed by atoms with Gasteiger partial charge in [-0.1, -0.05) is 20.8 Å². The predicted octanol–water partition coefficient (Wildman–Crippen LogP) is 2.38. The Kier molecular flexibility index (Phi) is 4.12. The van der Waals surface area contributed by atoms with Gasteiger partial charge in [-0.15, -0.1) is 0 Å². The molecule has 1 atom stereocenters. The molecule has 4 nitrogen and oxygen atoms in total. The number of rotatable bonds is 4. The van der Waals surface area contributed by atoms with Crippen LogP contribution in [0.2, 0.25) is 0 Å². The van der Waals surface area contributed by atoms with Gasteiger partial charge in [0, 0.05) is 6.04 Å². The Labute approximate surface area is 96.5 Å². The number of nitrogens with one attached hydrogen (secondary N) is 1. The Morgan fingerprint density at radius 3 is 2.69 bits per heavy atom.